The van der Waals surface area contributed by atoms with E-state index in [1.165, 1.54) is 16.0 Å². The highest BCUT2D eigenvalue weighted by molar-refractivity contribution is 7.98. The van der Waals surface area contributed by atoms with Gasteiger partial charge in [0.1, 0.15) is 12.4 Å². The summed E-state index contributed by atoms with van der Waals surface area (Å²) in [5, 5.41) is 3.39. The first-order valence-corrected chi connectivity index (χ1v) is 8.03. The molecule has 0 saturated carbocycles. The Morgan fingerprint density at radius 2 is 1.90 bits per heavy atom. The molecule has 0 heterocycles. The highest BCUT2D eigenvalue weighted by Crippen LogP contribution is 2.14. The van der Waals surface area contributed by atoms with E-state index in [4.69, 9.17) is 4.74 Å². The van der Waals surface area contributed by atoms with E-state index in [1.54, 1.807) is 11.8 Å². The van der Waals surface area contributed by atoms with Gasteiger partial charge in [-0.05, 0) is 48.6 Å². The minimum Gasteiger partial charge on any atom is -0.492 e. The molecular weight excluding hydrogens is 266 g/mol. The van der Waals surface area contributed by atoms with Gasteiger partial charge in [0.25, 0.3) is 0 Å². The zero-order chi connectivity index (χ0) is 14.2. The molecule has 1 N–H and O–H groups in total. The summed E-state index contributed by atoms with van der Waals surface area (Å²) in [4.78, 5) is 1.30. The van der Waals surface area contributed by atoms with Gasteiger partial charge in [-0.3, -0.25) is 0 Å². The number of hydrogen-bond acceptors (Lipinski definition) is 3. The fourth-order valence-electron chi connectivity index (χ4n) is 1.92. The van der Waals surface area contributed by atoms with E-state index in [1.807, 2.05) is 12.1 Å². The van der Waals surface area contributed by atoms with Crippen molar-refractivity contribution in [1.82, 2.24) is 5.32 Å². The van der Waals surface area contributed by atoms with E-state index in [0.29, 0.717) is 6.61 Å². The number of hydrogen-bond donors (Lipinski definition) is 1. The molecule has 0 amide bonds. The lowest BCUT2D eigenvalue weighted by Gasteiger charge is -2.08. The van der Waals surface area contributed by atoms with Gasteiger partial charge >= 0.3 is 0 Å². The molecule has 2 nitrogen and oxygen atoms in total. The largest absolute Gasteiger partial charge is 0.492 e. The van der Waals surface area contributed by atoms with E-state index >= 15 is 0 Å². The summed E-state index contributed by atoms with van der Waals surface area (Å²) in [6, 6.07) is 16.8. The van der Waals surface area contributed by atoms with Gasteiger partial charge in [0.2, 0.25) is 0 Å². The van der Waals surface area contributed by atoms with Crippen LogP contribution in [0.1, 0.15) is 11.1 Å². The second-order valence-corrected chi connectivity index (χ2v) is 5.57. The zero-order valence-electron chi connectivity index (χ0n) is 12.1. The van der Waals surface area contributed by atoms with Crippen LogP contribution in [-0.4, -0.2) is 19.4 Å². The molecule has 2 aromatic carbocycles. The number of thioether (sulfide) groups is 1. The van der Waals surface area contributed by atoms with Crippen LogP contribution in [0.3, 0.4) is 0 Å². The van der Waals surface area contributed by atoms with Crippen molar-refractivity contribution in [3.63, 3.8) is 0 Å². The first-order valence-electron chi connectivity index (χ1n) is 6.81. The quantitative estimate of drug-likeness (QED) is 0.617. The molecule has 0 bridgehead atoms. The van der Waals surface area contributed by atoms with Crippen molar-refractivity contribution in [2.75, 3.05) is 19.4 Å². The maximum atomic E-state index is 5.70. The normalized spacial score (nSPS) is 10.5. The van der Waals surface area contributed by atoms with Crippen molar-refractivity contribution >= 4 is 11.8 Å². The molecule has 106 valence electrons. The van der Waals surface area contributed by atoms with Gasteiger partial charge in [0, 0.05) is 18.0 Å². The zero-order valence-corrected chi connectivity index (χ0v) is 12.9. The SMILES string of the molecule is CSc1ccc(CNCCOc2cccc(C)c2)cc1. The summed E-state index contributed by atoms with van der Waals surface area (Å²) < 4.78 is 5.70. The van der Waals surface area contributed by atoms with Gasteiger partial charge in [-0.15, -0.1) is 11.8 Å². The first-order chi connectivity index (χ1) is 9.78. The third-order valence-electron chi connectivity index (χ3n) is 3.03. The van der Waals surface area contributed by atoms with Gasteiger partial charge in [0.05, 0.1) is 0 Å². The van der Waals surface area contributed by atoms with Gasteiger partial charge in [0.15, 0.2) is 0 Å². The van der Waals surface area contributed by atoms with Crippen molar-refractivity contribution in [1.29, 1.82) is 0 Å². The number of nitrogens with one attached hydrogen (secondary N) is 1. The molecule has 2 rings (SSSR count). The first kappa shape index (κ1) is 14.9. The van der Waals surface area contributed by atoms with Crippen molar-refractivity contribution in [2.24, 2.45) is 0 Å². The third-order valence-corrected chi connectivity index (χ3v) is 3.77. The standard InChI is InChI=1S/C17H21NOS/c1-14-4-3-5-16(12-14)19-11-10-18-13-15-6-8-17(20-2)9-7-15/h3-9,12,18H,10-11,13H2,1-2H3. The van der Waals surface area contributed by atoms with Crippen LogP contribution in [0.5, 0.6) is 5.75 Å². The average molecular weight is 287 g/mol. The second-order valence-electron chi connectivity index (χ2n) is 4.69. The molecule has 2 aromatic rings. The Hall–Kier alpha value is -1.45. The molecule has 0 unspecified atom stereocenters. The number of benzene rings is 2. The average Bonchev–Trinajstić information content (AvgIpc) is 2.48. The summed E-state index contributed by atoms with van der Waals surface area (Å²) in [7, 11) is 0. The van der Waals surface area contributed by atoms with Crippen molar-refractivity contribution in [3.8, 4) is 5.75 Å². The third kappa shape index (κ3) is 4.91. The summed E-state index contributed by atoms with van der Waals surface area (Å²) >= 11 is 1.77. The highest BCUT2D eigenvalue weighted by Gasteiger charge is 1.96. The van der Waals surface area contributed by atoms with E-state index in [-0.39, 0.29) is 0 Å². The minimum atomic E-state index is 0.687. The van der Waals surface area contributed by atoms with E-state index < -0.39 is 0 Å². The maximum absolute atomic E-state index is 5.70. The molecular formula is C17H21NOS. The fraction of sp³-hybridized carbons (Fsp3) is 0.294. The lowest BCUT2D eigenvalue weighted by atomic mass is 10.2. The van der Waals surface area contributed by atoms with Crippen LogP contribution in [0.15, 0.2) is 53.4 Å². The molecule has 0 radical (unpaired) electrons. The maximum Gasteiger partial charge on any atom is 0.119 e. The fourth-order valence-corrected chi connectivity index (χ4v) is 2.33. The van der Waals surface area contributed by atoms with Crippen LogP contribution in [0.25, 0.3) is 0 Å². The molecule has 0 atom stereocenters. The Morgan fingerprint density at radius 1 is 1.10 bits per heavy atom. The number of aryl methyl sites for hydroxylation is 1. The van der Waals surface area contributed by atoms with Crippen molar-refractivity contribution in [3.05, 3.63) is 59.7 Å². The molecule has 0 fully saturated rings. The Kier molecular flexibility index (Phi) is 5.96. The Morgan fingerprint density at radius 3 is 2.60 bits per heavy atom. The van der Waals surface area contributed by atoms with Gasteiger partial charge in [-0.2, -0.15) is 0 Å². The van der Waals surface area contributed by atoms with Crippen molar-refractivity contribution in [2.45, 2.75) is 18.4 Å². The predicted molar refractivity (Wildman–Crippen MR) is 86.6 cm³/mol. The smallest absolute Gasteiger partial charge is 0.119 e. The van der Waals surface area contributed by atoms with Crippen LogP contribution >= 0.6 is 11.8 Å². The minimum absolute atomic E-state index is 0.687. The van der Waals surface area contributed by atoms with Gasteiger partial charge in [-0.25, -0.2) is 0 Å². The summed E-state index contributed by atoms with van der Waals surface area (Å²) in [5.41, 5.74) is 2.53. The Bertz CT molecular complexity index is 525. The second kappa shape index (κ2) is 7.98. The van der Waals surface area contributed by atoms with Crippen LogP contribution in [0.4, 0.5) is 0 Å². The molecule has 0 aromatic heterocycles. The summed E-state index contributed by atoms with van der Waals surface area (Å²) in [6.45, 7) is 4.49. The van der Waals surface area contributed by atoms with Crippen LogP contribution in [-0.2, 0) is 6.54 Å². The topological polar surface area (TPSA) is 21.3 Å². The molecule has 0 spiro atoms. The van der Waals surface area contributed by atoms with Gasteiger partial charge in [-0.1, -0.05) is 24.3 Å². The summed E-state index contributed by atoms with van der Waals surface area (Å²) in [5.74, 6) is 0.941. The van der Waals surface area contributed by atoms with Gasteiger partial charge < -0.3 is 10.1 Å². The number of ether oxygens (including phenoxy) is 1. The molecule has 0 aliphatic heterocycles. The monoisotopic (exact) mass is 287 g/mol. The van der Waals surface area contributed by atoms with Crippen LogP contribution in [0, 0.1) is 6.92 Å². The Balaban J connectivity index is 1.66. The lowest BCUT2D eigenvalue weighted by molar-refractivity contribution is 0.313. The molecule has 0 aliphatic carbocycles. The highest BCUT2D eigenvalue weighted by atomic mass is 32.2. The van der Waals surface area contributed by atoms with Crippen molar-refractivity contribution < 1.29 is 4.74 Å². The van der Waals surface area contributed by atoms with E-state index in [9.17, 15) is 0 Å². The summed E-state index contributed by atoms with van der Waals surface area (Å²) in [6.07, 6.45) is 2.09. The molecule has 20 heavy (non-hydrogen) atoms. The predicted octanol–water partition coefficient (Wildman–Crippen LogP) is 3.89. The van der Waals surface area contributed by atoms with E-state index in [0.717, 1.165) is 18.8 Å². The van der Waals surface area contributed by atoms with E-state index in [2.05, 4.69) is 54.9 Å². The number of rotatable bonds is 7. The molecule has 0 aliphatic rings. The lowest BCUT2D eigenvalue weighted by Crippen LogP contribution is -2.20. The molecule has 0 saturated heterocycles. The molecule has 3 heteroatoms. The van der Waals surface area contributed by atoms with Crippen LogP contribution < -0.4 is 10.1 Å². The Labute approximate surface area is 125 Å². The van der Waals surface area contributed by atoms with Crippen LogP contribution in [0.2, 0.25) is 0 Å².